The van der Waals surface area contributed by atoms with Gasteiger partial charge in [-0.2, -0.15) is 0 Å². The minimum Gasteiger partial charge on any atom is -0.480 e. The fraction of sp³-hybridized carbons (Fsp3) is 0.385. The van der Waals surface area contributed by atoms with Crippen molar-refractivity contribution >= 4 is 23.9 Å². The summed E-state index contributed by atoms with van der Waals surface area (Å²) in [6.45, 7) is 5.07. The first-order valence-corrected chi connectivity index (χ1v) is 11.4. The summed E-state index contributed by atoms with van der Waals surface area (Å²) in [4.78, 5) is 47.6. The second-order valence-electron chi connectivity index (χ2n) is 9.25. The summed E-state index contributed by atoms with van der Waals surface area (Å²) < 4.78 is 10.5. The van der Waals surface area contributed by atoms with Gasteiger partial charge in [-0.05, 0) is 43.0 Å². The van der Waals surface area contributed by atoms with E-state index in [1.807, 2.05) is 48.5 Å². The van der Waals surface area contributed by atoms with E-state index in [9.17, 15) is 24.3 Å². The zero-order valence-electron chi connectivity index (χ0n) is 20.0. The molecule has 0 heterocycles. The molecule has 0 aromatic heterocycles. The zero-order chi connectivity index (χ0) is 25.6. The van der Waals surface area contributed by atoms with Crippen molar-refractivity contribution in [3.8, 4) is 11.1 Å². The lowest BCUT2D eigenvalue weighted by Gasteiger charge is -2.21. The number of hydrogen-bond acceptors (Lipinski definition) is 6. The Hall–Kier alpha value is -3.88. The molecule has 0 radical (unpaired) electrons. The maximum absolute atomic E-state index is 12.2. The van der Waals surface area contributed by atoms with Crippen molar-refractivity contribution in [2.45, 2.75) is 51.2 Å². The molecule has 0 spiro atoms. The average Bonchev–Trinajstić information content (AvgIpc) is 3.09. The van der Waals surface area contributed by atoms with E-state index in [1.165, 1.54) is 0 Å². The molecule has 35 heavy (non-hydrogen) atoms. The highest BCUT2D eigenvalue weighted by Gasteiger charge is 2.29. The standard InChI is InChI=1S/C26H30N2O7/c1-26(2,3)35-23(30)14-21(24(31)32)28-22(29)12-13-27-25(33)34-15-20-18-10-6-4-8-16(18)17-9-5-7-11-19(17)20/h4-11,20-21H,12-15H2,1-3H3,(H,27,33)(H,28,29)(H,31,32)/t21-/m0/s1. The Kier molecular flexibility index (Phi) is 8.11. The third kappa shape index (κ3) is 7.05. The normalized spacial score (nSPS) is 13.2. The van der Waals surface area contributed by atoms with E-state index in [-0.39, 0.29) is 25.5 Å². The summed E-state index contributed by atoms with van der Waals surface area (Å²) >= 11 is 0. The van der Waals surface area contributed by atoms with Gasteiger partial charge in [0.2, 0.25) is 5.91 Å². The third-order valence-corrected chi connectivity index (χ3v) is 5.39. The Morgan fingerprint density at radius 1 is 0.971 bits per heavy atom. The molecule has 2 aromatic rings. The second-order valence-corrected chi connectivity index (χ2v) is 9.25. The van der Waals surface area contributed by atoms with Crippen molar-refractivity contribution in [3.63, 3.8) is 0 Å². The second kappa shape index (κ2) is 11.0. The van der Waals surface area contributed by atoms with Crippen LogP contribution in [0.5, 0.6) is 0 Å². The molecule has 0 bridgehead atoms. The van der Waals surface area contributed by atoms with Crippen LogP contribution in [0.1, 0.15) is 50.7 Å². The number of carbonyl (C=O) groups excluding carboxylic acids is 3. The van der Waals surface area contributed by atoms with Gasteiger partial charge in [0.25, 0.3) is 0 Å². The summed E-state index contributed by atoms with van der Waals surface area (Å²) in [5.74, 6) is -2.80. The maximum Gasteiger partial charge on any atom is 0.407 e. The summed E-state index contributed by atoms with van der Waals surface area (Å²) in [6.07, 6.45) is -1.36. The molecular weight excluding hydrogens is 452 g/mol. The van der Waals surface area contributed by atoms with Crippen molar-refractivity contribution in [2.75, 3.05) is 13.2 Å². The molecule has 0 saturated heterocycles. The van der Waals surface area contributed by atoms with Crippen molar-refractivity contribution in [1.82, 2.24) is 10.6 Å². The molecule has 2 aromatic carbocycles. The molecule has 186 valence electrons. The van der Waals surface area contributed by atoms with E-state index in [1.54, 1.807) is 20.8 Å². The van der Waals surface area contributed by atoms with Gasteiger partial charge in [-0.1, -0.05) is 48.5 Å². The largest absolute Gasteiger partial charge is 0.480 e. The molecule has 2 amide bonds. The van der Waals surface area contributed by atoms with Crippen LogP contribution in [-0.4, -0.2) is 53.8 Å². The van der Waals surface area contributed by atoms with Gasteiger partial charge in [0, 0.05) is 18.9 Å². The Morgan fingerprint density at radius 2 is 1.54 bits per heavy atom. The predicted octanol–water partition coefficient (Wildman–Crippen LogP) is 3.22. The predicted molar refractivity (Wildman–Crippen MR) is 128 cm³/mol. The van der Waals surface area contributed by atoms with E-state index in [0.29, 0.717) is 0 Å². The van der Waals surface area contributed by atoms with E-state index in [4.69, 9.17) is 9.47 Å². The van der Waals surface area contributed by atoms with Crippen LogP contribution in [0.3, 0.4) is 0 Å². The fourth-order valence-corrected chi connectivity index (χ4v) is 3.94. The monoisotopic (exact) mass is 482 g/mol. The minimum atomic E-state index is -1.42. The minimum absolute atomic E-state index is 0.0543. The molecule has 0 fully saturated rings. The molecule has 0 unspecified atom stereocenters. The lowest BCUT2D eigenvalue weighted by Crippen LogP contribution is -2.44. The van der Waals surface area contributed by atoms with Crippen LogP contribution in [0.2, 0.25) is 0 Å². The number of carboxylic acid groups (broad SMARTS) is 1. The van der Waals surface area contributed by atoms with E-state index < -0.39 is 42.0 Å². The molecule has 1 aliphatic carbocycles. The smallest absolute Gasteiger partial charge is 0.407 e. The lowest BCUT2D eigenvalue weighted by molar-refractivity contribution is -0.158. The number of benzene rings is 2. The first kappa shape index (κ1) is 25.7. The van der Waals surface area contributed by atoms with Gasteiger partial charge < -0.3 is 25.2 Å². The number of esters is 1. The van der Waals surface area contributed by atoms with Gasteiger partial charge in [0.05, 0.1) is 6.42 Å². The number of nitrogens with one attached hydrogen (secondary N) is 2. The lowest BCUT2D eigenvalue weighted by atomic mass is 9.98. The number of carboxylic acids is 1. The SMILES string of the molecule is CC(C)(C)OC(=O)C[C@H](NC(=O)CCNC(=O)OCC1c2ccccc2-c2ccccc21)C(=O)O. The number of carbonyl (C=O) groups is 4. The first-order valence-electron chi connectivity index (χ1n) is 11.4. The van der Waals surface area contributed by atoms with Gasteiger partial charge in [0.1, 0.15) is 18.2 Å². The summed E-state index contributed by atoms with van der Waals surface area (Å²) in [6, 6.07) is 14.5. The molecule has 3 N–H and O–H groups in total. The van der Waals surface area contributed by atoms with Crippen molar-refractivity contribution in [3.05, 3.63) is 59.7 Å². The molecule has 3 rings (SSSR count). The van der Waals surface area contributed by atoms with Gasteiger partial charge in [0.15, 0.2) is 0 Å². The molecule has 1 atom stereocenters. The molecular formula is C26H30N2O7. The van der Waals surface area contributed by atoms with Crippen molar-refractivity contribution < 1.29 is 33.8 Å². The number of aliphatic carboxylic acids is 1. The number of amides is 2. The highest BCUT2D eigenvalue weighted by Crippen LogP contribution is 2.44. The molecule has 0 aliphatic heterocycles. The van der Waals surface area contributed by atoms with Crippen molar-refractivity contribution in [1.29, 1.82) is 0 Å². The topological polar surface area (TPSA) is 131 Å². The molecule has 9 nitrogen and oxygen atoms in total. The highest BCUT2D eigenvalue weighted by molar-refractivity contribution is 5.87. The highest BCUT2D eigenvalue weighted by atomic mass is 16.6. The molecule has 9 heteroatoms. The van der Waals surface area contributed by atoms with Crippen LogP contribution in [-0.2, 0) is 23.9 Å². The summed E-state index contributed by atoms with van der Waals surface area (Å²) in [7, 11) is 0. The van der Waals surface area contributed by atoms with Crippen LogP contribution in [0.25, 0.3) is 11.1 Å². The van der Waals surface area contributed by atoms with Crippen LogP contribution in [0.15, 0.2) is 48.5 Å². The number of fused-ring (bicyclic) bond motifs is 3. The number of ether oxygens (including phenoxy) is 2. The molecule has 1 aliphatic rings. The first-order chi connectivity index (χ1) is 16.5. The number of alkyl carbamates (subject to hydrolysis) is 1. The van der Waals surface area contributed by atoms with Gasteiger partial charge in [-0.3, -0.25) is 9.59 Å². The Bertz CT molecular complexity index is 1060. The van der Waals surface area contributed by atoms with Gasteiger partial charge in [-0.15, -0.1) is 0 Å². The maximum atomic E-state index is 12.2. The van der Waals surface area contributed by atoms with Gasteiger partial charge in [-0.25, -0.2) is 9.59 Å². The number of hydrogen-bond donors (Lipinski definition) is 3. The van der Waals surface area contributed by atoms with E-state index in [2.05, 4.69) is 10.6 Å². The van der Waals surface area contributed by atoms with Crippen LogP contribution in [0, 0.1) is 0 Å². The summed E-state index contributed by atoms with van der Waals surface area (Å²) in [5.41, 5.74) is 3.65. The van der Waals surface area contributed by atoms with Gasteiger partial charge >= 0.3 is 18.0 Å². The quantitative estimate of drug-likeness (QED) is 0.468. The van der Waals surface area contributed by atoms with Crippen LogP contribution in [0.4, 0.5) is 4.79 Å². The fourth-order valence-electron chi connectivity index (χ4n) is 3.94. The van der Waals surface area contributed by atoms with E-state index >= 15 is 0 Å². The molecule has 0 saturated carbocycles. The Labute approximate surface area is 203 Å². The summed E-state index contributed by atoms with van der Waals surface area (Å²) in [5, 5.41) is 14.1. The van der Waals surface area contributed by atoms with Crippen LogP contribution >= 0.6 is 0 Å². The van der Waals surface area contributed by atoms with Crippen LogP contribution < -0.4 is 10.6 Å². The van der Waals surface area contributed by atoms with Crippen molar-refractivity contribution in [2.24, 2.45) is 0 Å². The average molecular weight is 483 g/mol. The zero-order valence-corrected chi connectivity index (χ0v) is 20.0. The Morgan fingerprint density at radius 3 is 2.09 bits per heavy atom. The third-order valence-electron chi connectivity index (χ3n) is 5.39. The van der Waals surface area contributed by atoms with E-state index in [0.717, 1.165) is 22.3 Å². The number of rotatable bonds is 9. The Balaban J connectivity index is 1.44.